The van der Waals surface area contributed by atoms with Crippen LogP contribution in [0.25, 0.3) is 0 Å². The standard InChI is InChI=1S/C20H33N3O4/c1-15-22-13-17(14-23-15)16(12-18(24)25)10-8-6-5-7-9-11-21-19(26)27-20(2,3)4/h13-14,16H,5-12H2,1-4H3,(H,21,26)(H,24,25). The summed E-state index contributed by atoms with van der Waals surface area (Å²) in [4.78, 5) is 31.0. The number of hydrogen-bond donors (Lipinski definition) is 2. The minimum absolute atomic E-state index is 0.0445. The summed E-state index contributed by atoms with van der Waals surface area (Å²) in [7, 11) is 0. The van der Waals surface area contributed by atoms with Crippen LogP contribution in [0.2, 0.25) is 0 Å². The number of aliphatic carboxylic acids is 1. The van der Waals surface area contributed by atoms with Crippen molar-refractivity contribution < 1.29 is 19.4 Å². The number of alkyl carbamates (subject to hydrolysis) is 1. The summed E-state index contributed by atoms with van der Waals surface area (Å²) in [5.74, 6) is -0.154. The van der Waals surface area contributed by atoms with E-state index in [2.05, 4.69) is 15.3 Å². The highest BCUT2D eigenvalue weighted by atomic mass is 16.6. The fourth-order valence-corrected chi connectivity index (χ4v) is 2.76. The average Bonchev–Trinajstić information content (AvgIpc) is 2.55. The summed E-state index contributed by atoms with van der Waals surface area (Å²) in [6.45, 7) is 7.94. The Balaban J connectivity index is 2.20. The molecule has 0 aliphatic rings. The molecule has 0 bridgehead atoms. The summed E-state index contributed by atoms with van der Waals surface area (Å²) in [5.41, 5.74) is 0.420. The molecule has 152 valence electrons. The lowest BCUT2D eigenvalue weighted by atomic mass is 9.92. The Morgan fingerprint density at radius 1 is 1.11 bits per heavy atom. The van der Waals surface area contributed by atoms with Crippen molar-refractivity contribution in [2.24, 2.45) is 0 Å². The maximum Gasteiger partial charge on any atom is 0.407 e. The number of carbonyl (C=O) groups is 2. The molecule has 1 aromatic heterocycles. The van der Waals surface area contributed by atoms with Gasteiger partial charge in [0.15, 0.2) is 0 Å². The quantitative estimate of drug-likeness (QED) is 0.559. The Labute approximate surface area is 161 Å². The number of carbonyl (C=O) groups excluding carboxylic acids is 1. The number of aromatic nitrogens is 2. The molecule has 0 aliphatic heterocycles. The van der Waals surface area contributed by atoms with Crippen LogP contribution in [0.3, 0.4) is 0 Å². The van der Waals surface area contributed by atoms with Crippen LogP contribution in [0, 0.1) is 6.92 Å². The van der Waals surface area contributed by atoms with Crippen molar-refractivity contribution >= 4 is 12.1 Å². The van der Waals surface area contributed by atoms with Gasteiger partial charge in [0.25, 0.3) is 0 Å². The highest BCUT2D eigenvalue weighted by Gasteiger charge is 2.17. The number of unbranched alkanes of at least 4 members (excludes halogenated alkanes) is 4. The first-order chi connectivity index (χ1) is 12.7. The van der Waals surface area contributed by atoms with Crippen molar-refractivity contribution in [3.63, 3.8) is 0 Å². The van der Waals surface area contributed by atoms with E-state index < -0.39 is 11.6 Å². The number of rotatable bonds is 11. The van der Waals surface area contributed by atoms with Crippen LogP contribution in [0.4, 0.5) is 4.79 Å². The van der Waals surface area contributed by atoms with Gasteiger partial charge in [-0.25, -0.2) is 14.8 Å². The van der Waals surface area contributed by atoms with Gasteiger partial charge in [0.05, 0.1) is 6.42 Å². The molecule has 1 atom stereocenters. The second-order valence-corrected chi connectivity index (χ2v) is 7.84. The second kappa shape index (κ2) is 11.5. The van der Waals surface area contributed by atoms with Gasteiger partial charge in [-0.05, 0) is 52.0 Å². The monoisotopic (exact) mass is 379 g/mol. The summed E-state index contributed by atoms with van der Waals surface area (Å²) in [6.07, 6.45) is 8.99. The van der Waals surface area contributed by atoms with Crippen molar-refractivity contribution in [2.75, 3.05) is 6.54 Å². The van der Waals surface area contributed by atoms with Crippen molar-refractivity contribution in [3.05, 3.63) is 23.8 Å². The lowest BCUT2D eigenvalue weighted by molar-refractivity contribution is -0.137. The molecule has 1 heterocycles. The van der Waals surface area contributed by atoms with Gasteiger partial charge in [-0.1, -0.05) is 25.7 Å². The topological polar surface area (TPSA) is 101 Å². The van der Waals surface area contributed by atoms with Crippen molar-refractivity contribution in [3.8, 4) is 0 Å². The van der Waals surface area contributed by atoms with E-state index in [9.17, 15) is 9.59 Å². The Hall–Kier alpha value is -2.18. The van der Waals surface area contributed by atoms with E-state index in [4.69, 9.17) is 9.84 Å². The molecule has 27 heavy (non-hydrogen) atoms. The third-order valence-electron chi connectivity index (χ3n) is 4.09. The van der Waals surface area contributed by atoms with Gasteiger partial charge in [-0.2, -0.15) is 0 Å². The number of ether oxygens (including phenoxy) is 1. The predicted octanol–water partition coefficient (Wildman–Crippen LogP) is 4.21. The van der Waals surface area contributed by atoms with Crippen LogP contribution in [-0.2, 0) is 9.53 Å². The van der Waals surface area contributed by atoms with Gasteiger partial charge in [0.1, 0.15) is 11.4 Å². The first-order valence-electron chi connectivity index (χ1n) is 9.64. The van der Waals surface area contributed by atoms with E-state index in [1.54, 1.807) is 12.4 Å². The molecule has 7 nitrogen and oxygen atoms in total. The lowest BCUT2D eigenvalue weighted by Crippen LogP contribution is -2.32. The Morgan fingerprint density at radius 2 is 1.70 bits per heavy atom. The van der Waals surface area contributed by atoms with Gasteiger partial charge >= 0.3 is 12.1 Å². The zero-order valence-corrected chi connectivity index (χ0v) is 17.0. The van der Waals surface area contributed by atoms with Crippen molar-refractivity contribution in [2.45, 2.75) is 84.2 Å². The smallest absolute Gasteiger partial charge is 0.407 e. The van der Waals surface area contributed by atoms with Crippen LogP contribution < -0.4 is 5.32 Å². The Morgan fingerprint density at radius 3 is 2.30 bits per heavy atom. The van der Waals surface area contributed by atoms with Crippen LogP contribution >= 0.6 is 0 Å². The Bertz CT molecular complexity index is 582. The highest BCUT2D eigenvalue weighted by molar-refractivity contribution is 5.68. The van der Waals surface area contributed by atoms with Crippen LogP contribution in [-0.4, -0.2) is 39.3 Å². The summed E-state index contributed by atoms with van der Waals surface area (Å²) >= 11 is 0. The molecule has 1 aromatic rings. The maximum absolute atomic E-state index is 11.5. The zero-order valence-electron chi connectivity index (χ0n) is 17.0. The molecule has 0 radical (unpaired) electrons. The minimum Gasteiger partial charge on any atom is -0.481 e. The minimum atomic E-state index is -0.797. The van der Waals surface area contributed by atoms with Crippen molar-refractivity contribution in [1.82, 2.24) is 15.3 Å². The summed E-state index contributed by atoms with van der Waals surface area (Å²) < 4.78 is 5.18. The zero-order chi connectivity index (χ0) is 20.3. The van der Waals surface area contributed by atoms with Gasteiger partial charge in [-0.3, -0.25) is 4.79 Å². The van der Waals surface area contributed by atoms with Gasteiger partial charge < -0.3 is 15.2 Å². The van der Waals surface area contributed by atoms with Gasteiger partial charge in [0.2, 0.25) is 0 Å². The SMILES string of the molecule is Cc1ncc(C(CCCCCCCNC(=O)OC(C)(C)C)CC(=O)O)cn1. The first-order valence-corrected chi connectivity index (χ1v) is 9.64. The van der Waals surface area contributed by atoms with Crippen molar-refractivity contribution in [1.29, 1.82) is 0 Å². The number of nitrogens with one attached hydrogen (secondary N) is 1. The molecule has 0 saturated heterocycles. The number of carboxylic acids is 1. The largest absolute Gasteiger partial charge is 0.481 e. The van der Waals surface area contributed by atoms with E-state index in [1.165, 1.54) is 0 Å². The molecule has 0 aliphatic carbocycles. The van der Waals surface area contributed by atoms with Gasteiger partial charge in [0, 0.05) is 18.9 Å². The van der Waals surface area contributed by atoms with E-state index >= 15 is 0 Å². The average molecular weight is 380 g/mol. The van der Waals surface area contributed by atoms with Crippen LogP contribution in [0.5, 0.6) is 0 Å². The van der Waals surface area contributed by atoms with E-state index in [-0.39, 0.29) is 18.4 Å². The van der Waals surface area contributed by atoms with E-state index in [0.717, 1.165) is 44.1 Å². The number of aryl methyl sites for hydroxylation is 1. The molecular weight excluding hydrogens is 346 g/mol. The normalized spacial score (nSPS) is 12.4. The third kappa shape index (κ3) is 11.2. The number of hydrogen-bond acceptors (Lipinski definition) is 5. The molecule has 7 heteroatoms. The van der Waals surface area contributed by atoms with E-state index in [0.29, 0.717) is 12.4 Å². The van der Waals surface area contributed by atoms with E-state index in [1.807, 2.05) is 27.7 Å². The molecule has 0 spiro atoms. The van der Waals surface area contributed by atoms with Gasteiger partial charge in [-0.15, -0.1) is 0 Å². The summed E-state index contributed by atoms with van der Waals surface area (Å²) in [5, 5.41) is 11.9. The molecule has 0 saturated carbocycles. The fourth-order valence-electron chi connectivity index (χ4n) is 2.76. The Kier molecular flexibility index (Phi) is 9.75. The number of nitrogens with zero attached hydrogens (tertiary/aromatic N) is 2. The van der Waals surface area contributed by atoms with Crippen LogP contribution in [0.1, 0.15) is 83.0 Å². The number of carboxylic acid groups (broad SMARTS) is 1. The molecule has 1 amide bonds. The first kappa shape index (κ1) is 22.9. The molecular formula is C20H33N3O4. The molecule has 1 rings (SSSR count). The maximum atomic E-state index is 11.5. The summed E-state index contributed by atoms with van der Waals surface area (Å²) in [6, 6.07) is 0. The molecule has 1 unspecified atom stereocenters. The predicted molar refractivity (Wildman–Crippen MR) is 104 cm³/mol. The highest BCUT2D eigenvalue weighted by Crippen LogP contribution is 2.25. The fraction of sp³-hybridized carbons (Fsp3) is 0.700. The van der Waals surface area contributed by atoms with Crippen LogP contribution in [0.15, 0.2) is 12.4 Å². The third-order valence-corrected chi connectivity index (χ3v) is 4.09. The molecule has 2 N–H and O–H groups in total. The number of amides is 1. The second-order valence-electron chi connectivity index (χ2n) is 7.84. The lowest BCUT2D eigenvalue weighted by Gasteiger charge is -2.19. The molecule has 0 aromatic carbocycles. The molecule has 0 fully saturated rings.